The number of rotatable bonds is 7. The van der Waals surface area contributed by atoms with Gasteiger partial charge in [-0.2, -0.15) is 23.4 Å². The third kappa shape index (κ3) is 6.32. The van der Waals surface area contributed by atoms with Crippen LogP contribution in [0.5, 0.6) is 5.75 Å². The fourth-order valence-corrected chi connectivity index (χ4v) is 3.49. The van der Waals surface area contributed by atoms with Crippen molar-refractivity contribution in [1.82, 2.24) is 19.6 Å². The largest absolute Gasteiger partial charge is 0.471 e. The van der Waals surface area contributed by atoms with Crippen molar-refractivity contribution < 1.29 is 22.7 Å². The molecule has 1 N–H and O–H groups in total. The molecule has 1 amide bonds. The smallest absolute Gasteiger partial charge is 0.416 e. The van der Waals surface area contributed by atoms with Crippen molar-refractivity contribution in [2.75, 3.05) is 5.32 Å². The van der Waals surface area contributed by atoms with Gasteiger partial charge in [0, 0.05) is 12.4 Å². The standard InChI is InChI=1S/C26H26F3N5O2/c1-25(2,3)19-7-9-22(10-8-19)36-17-33-12-11-23(32-33)24(35)31-21-14-30-34(16-21)15-18-5-4-6-20(13-18)26(27,28)29/h4-14,16H,15,17H2,1-3H3,(H,31,35). The molecule has 0 radical (unpaired) electrons. The number of carbonyl (C=O) groups excluding carboxylic acids is 1. The van der Waals surface area contributed by atoms with Crippen LogP contribution in [0.4, 0.5) is 18.9 Å². The molecule has 0 fully saturated rings. The first-order valence-electron chi connectivity index (χ1n) is 11.2. The van der Waals surface area contributed by atoms with Gasteiger partial charge >= 0.3 is 6.18 Å². The number of nitrogens with zero attached hydrogens (tertiary/aromatic N) is 4. The second-order valence-corrected chi connectivity index (χ2v) is 9.37. The molecule has 10 heteroatoms. The second kappa shape index (κ2) is 9.88. The van der Waals surface area contributed by atoms with Gasteiger partial charge in [0.25, 0.3) is 5.91 Å². The van der Waals surface area contributed by atoms with E-state index < -0.39 is 17.6 Å². The summed E-state index contributed by atoms with van der Waals surface area (Å²) in [6.45, 7) is 6.68. The van der Waals surface area contributed by atoms with Crippen LogP contribution in [0.3, 0.4) is 0 Å². The van der Waals surface area contributed by atoms with E-state index in [-0.39, 0.29) is 24.4 Å². The third-order valence-electron chi connectivity index (χ3n) is 5.45. The Hall–Kier alpha value is -4.08. The van der Waals surface area contributed by atoms with Crippen LogP contribution in [-0.4, -0.2) is 25.5 Å². The highest BCUT2D eigenvalue weighted by Gasteiger charge is 2.30. The average Bonchev–Trinajstić information content (AvgIpc) is 3.47. The van der Waals surface area contributed by atoms with Crippen LogP contribution in [0.2, 0.25) is 0 Å². The highest BCUT2D eigenvalue weighted by molar-refractivity contribution is 6.02. The van der Waals surface area contributed by atoms with Crippen molar-refractivity contribution in [3.8, 4) is 5.75 Å². The van der Waals surface area contributed by atoms with E-state index in [0.29, 0.717) is 17.0 Å². The maximum atomic E-state index is 12.9. The fourth-order valence-electron chi connectivity index (χ4n) is 3.49. The summed E-state index contributed by atoms with van der Waals surface area (Å²) in [6.07, 6.45) is 0.187. The second-order valence-electron chi connectivity index (χ2n) is 9.37. The van der Waals surface area contributed by atoms with Gasteiger partial charge in [0.2, 0.25) is 0 Å². The molecule has 7 nitrogen and oxygen atoms in total. The molecule has 0 spiro atoms. The zero-order valence-electron chi connectivity index (χ0n) is 20.1. The maximum Gasteiger partial charge on any atom is 0.416 e. The van der Waals surface area contributed by atoms with E-state index in [1.165, 1.54) is 27.2 Å². The van der Waals surface area contributed by atoms with Gasteiger partial charge in [-0.25, -0.2) is 4.68 Å². The van der Waals surface area contributed by atoms with E-state index in [9.17, 15) is 18.0 Å². The van der Waals surface area contributed by atoms with Crippen molar-refractivity contribution in [2.45, 2.75) is 45.6 Å². The molecule has 36 heavy (non-hydrogen) atoms. The molecule has 2 heterocycles. The first kappa shape index (κ1) is 25.0. The molecule has 0 atom stereocenters. The van der Waals surface area contributed by atoms with Gasteiger partial charge < -0.3 is 10.1 Å². The van der Waals surface area contributed by atoms with E-state index in [0.717, 1.165) is 12.1 Å². The minimum Gasteiger partial charge on any atom is -0.471 e. The molecule has 2 aromatic carbocycles. The van der Waals surface area contributed by atoms with Crippen LogP contribution in [0.15, 0.2) is 73.2 Å². The van der Waals surface area contributed by atoms with Crippen molar-refractivity contribution in [1.29, 1.82) is 0 Å². The van der Waals surface area contributed by atoms with Crippen LogP contribution in [-0.2, 0) is 24.9 Å². The number of nitrogens with one attached hydrogen (secondary N) is 1. The summed E-state index contributed by atoms with van der Waals surface area (Å²) < 4.78 is 47.5. The summed E-state index contributed by atoms with van der Waals surface area (Å²) in [4.78, 5) is 12.6. The lowest BCUT2D eigenvalue weighted by Gasteiger charge is -2.19. The molecule has 0 saturated carbocycles. The molecule has 4 rings (SSSR count). The summed E-state index contributed by atoms with van der Waals surface area (Å²) >= 11 is 0. The molecule has 0 aliphatic rings. The maximum absolute atomic E-state index is 12.9. The number of aromatic nitrogens is 4. The Bertz CT molecular complexity index is 1330. The average molecular weight is 498 g/mol. The number of hydrogen-bond acceptors (Lipinski definition) is 4. The molecule has 2 aromatic heterocycles. The van der Waals surface area contributed by atoms with Gasteiger partial charge in [-0.1, -0.05) is 45.0 Å². The Labute approximate surface area is 206 Å². The normalized spacial score (nSPS) is 11.9. The summed E-state index contributed by atoms with van der Waals surface area (Å²) in [5.41, 5.74) is 1.56. The number of anilines is 1. The van der Waals surface area contributed by atoms with Crippen LogP contribution in [0.25, 0.3) is 0 Å². The number of ether oxygens (including phenoxy) is 1. The van der Waals surface area contributed by atoms with Gasteiger partial charge in [0.1, 0.15) is 5.75 Å². The van der Waals surface area contributed by atoms with Crippen LogP contribution in [0, 0.1) is 0 Å². The lowest BCUT2D eigenvalue weighted by atomic mass is 9.87. The Morgan fingerprint density at radius 2 is 1.75 bits per heavy atom. The lowest BCUT2D eigenvalue weighted by molar-refractivity contribution is -0.137. The monoisotopic (exact) mass is 497 g/mol. The molecule has 188 valence electrons. The highest BCUT2D eigenvalue weighted by atomic mass is 19.4. The lowest BCUT2D eigenvalue weighted by Crippen LogP contribution is -2.14. The van der Waals surface area contributed by atoms with Gasteiger partial charge in [-0.3, -0.25) is 9.48 Å². The molecule has 0 bridgehead atoms. The number of carbonyl (C=O) groups is 1. The zero-order valence-corrected chi connectivity index (χ0v) is 20.1. The van der Waals surface area contributed by atoms with Gasteiger partial charge in [0.15, 0.2) is 12.4 Å². The summed E-state index contributed by atoms with van der Waals surface area (Å²) in [6, 6.07) is 14.4. The SMILES string of the molecule is CC(C)(C)c1ccc(OCn2ccc(C(=O)Nc3cnn(Cc4cccc(C(F)(F)F)c4)c3)n2)cc1. The topological polar surface area (TPSA) is 74.0 Å². The molecule has 0 aliphatic heterocycles. The van der Waals surface area contributed by atoms with Crippen molar-refractivity contribution >= 4 is 11.6 Å². The van der Waals surface area contributed by atoms with E-state index in [4.69, 9.17) is 4.74 Å². The number of halogens is 3. The van der Waals surface area contributed by atoms with E-state index in [1.54, 1.807) is 24.5 Å². The number of hydrogen-bond donors (Lipinski definition) is 1. The Kier molecular flexibility index (Phi) is 6.87. The first-order chi connectivity index (χ1) is 17.0. The van der Waals surface area contributed by atoms with Crippen LogP contribution < -0.4 is 10.1 Å². The van der Waals surface area contributed by atoms with Crippen molar-refractivity contribution in [3.63, 3.8) is 0 Å². The van der Waals surface area contributed by atoms with Gasteiger partial charge in [-0.05, 0) is 46.9 Å². The molecular formula is C26H26F3N5O2. The number of benzene rings is 2. The summed E-state index contributed by atoms with van der Waals surface area (Å²) in [5.74, 6) is 0.250. The van der Waals surface area contributed by atoms with Crippen LogP contribution >= 0.6 is 0 Å². The van der Waals surface area contributed by atoms with Gasteiger partial charge in [0.05, 0.1) is 24.0 Å². The predicted octanol–water partition coefficient (Wildman–Crippen LogP) is 5.73. The summed E-state index contributed by atoms with van der Waals surface area (Å²) in [7, 11) is 0. The Morgan fingerprint density at radius 3 is 2.44 bits per heavy atom. The molecule has 0 aliphatic carbocycles. The Balaban J connectivity index is 1.32. The highest BCUT2D eigenvalue weighted by Crippen LogP contribution is 2.29. The molecule has 4 aromatic rings. The third-order valence-corrected chi connectivity index (χ3v) is 5.45. The number of alkyl halides is 3. The van der Waals surface area contributed by atoms with Crippen molar-refractivity contribution in [2.24, 2.45) is 0 Å². The zero-order chi connectivity index (χ0) is 25.9. The first-order valence-corrected chi connectivity index (χ1v) is 11.2. The molecule has 0 saturated heterocycles. The van der Waals surface area contributed by atoms with Crippen molar-refractivity contribution in [3.05, 3.63) is 95.6 Å². The molecular weight excluding hydrogens is 471 g/mol. The minimum absolute atomic E-state index is 0.0530. The summed E-state index contributed by atoms with van der Waals surface area (Å²) in [5, 5.41) is 11.0. The van der Waals surface area contributed by atoms with E-state index in [2.05, 4.69) is 36.3 Å². The van der Waals surface area contributed by atoms with Crippen LogP contribution in [0.1, 0.15) is 48.0 Å². The van der Waals surface area contributed by atoms with Gasteiger partial charge in [-0.15, -0.1) is 0 Å². The fraction of sp³-hybridized carbons (Fsp3) is 0.269. The predicted molar refractivity (Wildman–Crippen MR) is 129 cm³/mol. The quantitative estimate of drug-likeness (QED) is 0.354. The van der Waals surface area contributed by atoms with E-state index in [1.807, 2.05) is 24.3 Å². The minimum atomic E-state index is -4.41. The number of amides is 1. The van der Waals surface area contributed by atoms with E-state index >= 15 is 0 Å². The molecule has 0 unspecified atom stereocenters. The Morgan fingerprint density at radius 1 is 1.00 bits per heavy atom.